The average Bonchev–Trinajstić information content (AvgIpc) is 3.97. The number of hydrogen-bond donors (Lipinski definition) is 4. The molecule has 17 heteroatoms. The van der Waals surface area contributed by atoms with Crippen molar-refractivity contribution in [3.05, 3.63) is 89.8 Å². The Labute approximate surface area is 372 Å². The van der Waals surface area contributed by atoms with Crippen molar-refractivity contribution < 1.29 is 48.1 Å². The van der Waals surface area contributed by atoms with E-state index in [1.807, 2.05) is 18.3 Å². The third-order valence-corrected chi connectivity index (χ3v) is 11.9. The van der Waals surface area contributed by atoms with Gasteiger partial charge in [-0.25, -0.2) is 4.98 Å². The lowest BCUT2D eigenvalue weighted by atomic mass is 10.0. The zero-order chi connectivity index (χ0) is 44.8. The number of hydrogen-bond acceptors (Lipinski definition) is 14. The molecule has 5 amide bonds. The third kappa shape index (κ3) is 11.6. The van der Waals surface area contributed by atoms with Gasteiger partial charge < -0.3 is 39.8 Å². The van der Waals surface area contributed by atoms with Crippen molar-refractivity contribution in [1.82, 2.24) is 25.4 Å². The van der Waals surface area contributed by atoms with Gasteiger partial charge in [0, 0.05) is 69.1 Å². The van der Waals surface area contributed by atoms with Crippen molar-refractivity contribution in [3.63, 3.8) is 0 Å². The molecule has 3 fully saturated rings. The first-order valence-electron chi connectivity index (χ1n) is 22.3. The van der Waals surface area contributed by atoms with Crippen molar-refractivity contribution in [2.45, 2.75) is 82.3 Å². The standard InChI is InChI=1S/C47H57N7O10/c55-39-13-7-6-10-35(39)40(56)19-22-52-30-33-28-32(52)31-53(33)41-17-15-34(29-50-41)64-23-8-4-2-1-3-5-14-42(57)49-21-25-63-27-26-62-24-20-48-37-12-9-11-36-44(37)47(61)54(46(36)60)38-16-18-43(58)51-45(38)59/h6-7,9-13,15,17,19,22,29,32-33,38,48,55H,1-5,8,14,16,18,20-21,23-28,30-31H2,(H,49,57)(H,51,58,59)/b22-19+/t32-,33-,38?/m1/s1. The van der Waals surface area contributed by atoms with Crippen LogP contribution in [0.3, 0.4) is 0 Å². The number of pyridine rings is 1. The number of likely N-dealkylation sites (tertiary alicyclic amines) is 1. The molecule has 0 radical (unpaired) electrons. The molecule has 3 atom stereocenters. The third-order valence-electron chi connectivity index (χ3n) is 11.9. The fraction of sp³-hybridized carbons (Fsp3) is 0.468. The van der Waals surface area contributed by atoms with Gasteiger partial charge in [-0.3, -0.25) is 39.0 Å². The number of fused-ring (bicyclic) bond motifs is 3. The Balaban J connectivity index is 0.652. The molecule has 7 rings (SSSR count). The summed E-state index contributed by atoms with van der Waals surface area (Å²) >= 11 is 0. The molecule has 3 aromatic rings. The smallest absolute Gasteiger partial charge is 0.264 e. The number of carbonyl (C=O) groups excluding carboxylic acids is 6. The van der Waals surface area contributed by atoms with Gasteiger partial charge in [-0.15, -0.1) is 0 Å². The zero-order valence-electron chi connectivity index (χ0n) is 36.0. The lowest BCUT2D eigenvalue weighted by Crippen LogP contribution is -2.54. The van der Waals surface area contributed by atoms with Crippen LogP contribution in [-0.4, -0.2) is 133 Å². The molecule has 0 aliphatic carbocycles. The predicted octanol–water partition coefficient (Wildman–Crippen LogP) is 4.22. The maximum absolute atomic E-state index is 13.2. The number of ketones is 1. The molecule has 5 heterocycles. The van der Waals surface area contributed by atoms with Gasteiger partial charge in [-0.05, 0) is 62.1 Å². The van der Waals surface area contributed by atoms with E-state index < -0.39 is 29.7 Å². The summed E-state index contributed by atoms with van der Waals surface area (Å²) in [5, 5.41) is 18.2. The number of anilines is 2. The summed E-state index contributed by atoms with van der Waals surface area (Å²) in [6.07, 6.45) is 12.8. The lowest BCUT2D eigenvalue weighted by Gasteiger charge is -2.34. The number of carbonyl (C=O) groups is 6. The van der Waals surface area contributed by atoms with Gasteiger partial charge in [0.1, 0.15) is 23.4 Å². The van der Waals surface area contributed by atoms with Gasteiger partial charge >= 0.3 is 0 Å². The van der Waals surface area contributed by atoms with Crippen LogP contribution in [0.2, 0.25) is 0 Å². The Hall–Kier alpha value is -6.33. The number of nitrogens with zero attached hydrogens (tertiary/aromatic N) is 4. The van der Waals surface area contributed by atoms with Crippen molar-refractivity contribution in [2.75, 3.05) is 69.4 Å². The number of piperazine rings is 1. The van der Waals surface area contributed by atoms with Crippen LogP contribution < -0.4 is 25.6 Å². The van der Waals surface area contributed by atoms with Crippen LogP contribution in [0, 0.1) is 0 Å². The first-order valence-corrected chi connectivity index (χ1v) is 22.3. The quantitative estimate of drug-likeness (QED) is 0.0407. The largest absolute Gasteiger partial charge is 0.507 e. The van der Waals surface area contributed by atoms with E-state index in [0.717, 1.165) is 74.5 Å². The van der Waals surface area contributed by atoms with Gasteiger partial charge in [0.2, 0.25) is 17.7 Å². The van der Waals surface area contributed by atoms with Crippen molar-refractivity contribution in [2.24, 2.45) is 0 Å². The summed E-state index contributed by atoms with van der Waals surface area (Å²) in [6.45, 7) is 4.46. The normalized spacial score (nSPS) is 19.1. The van der Waals surface area contributed by atoms with Crippen LogP contribution in [0.4, 0.5) is 11.5 Å². The second-order valence-corrected chi connectivity index (χ2v) is 16.3. The van der Waals surface area contributed by atoms with E-state index in [4.69, 9.17) is 14.2 Å². The average molecular weight is 880 g/mol. The second-order valence-electron chi connectivity index (χ2n) is 16.3. The molecular weight excluding hydrogens is 823 g/mol. The van der Waals surface area contributed by atoms with Crippen LogP contribution in [0.5, 0.6) is 11.5 Å². The number of phenols is 1. The maximum Gasteiger partial charge on any atom is 0.264 e. The Morgan fingerprint density at radius 1 is 0.828 bits per heavy atom. The Kier molecular flexibility index (Phi) is 15.9. The van der Waals surface area contributed by atoms with Crippen LogP contribution in [0.15, 0.2) is 73.1 Å². The monoisotopic (exact) mass is 879 g/mol. The fourth-order valence-corrected chi connectivity index (χ4v) is 8.60. The molecule has 3 saturated heterocycles. The molecule has 4 aliphatic heterocycles. The molecule has 4 N–H and O–H groups in total. The summed E-state index contributed by atoms with van der Waals surface area (Å²) in [5.74, 6) is -0.714. The number of aromatic nitrogens is 1. The first-order chi connectivity index (χ1) is 31.2. The fourth-order valence-electron chi connectivity index (χ4n) is 8.60. The minimum atomic E-state index is -1.02. The van der Waals surface area contributed by atoms with Crippen LogP contribution in [0.25, 0.3) is 0 Å². The Morgan fingerprint density at radius 3 is 2.36 bits per heavy atom. The molecular formula is C47H57N7O10. The van der Waals surface area contributed by atoms with Crippen LogP contribution in [-0.2, 0) is 23.9 Å². The molecule has 2 bridgehead atoms. The van der Waals surface area contributed by atoms with E-state index in [9.17, 15) is 33.9 Å². The number of allylic oxidation sites excluding steroid dienone is 1. The summed E-state index contributed by atoms with van der Waals surface area (Å²) in [7, 11) is 0. The number of unbranched alkanes of at least 4 members (excludes halogenated alkanes) is 5. The number of rotatable bonds is 25. The number of piperidine rings is 1. The van der Waals surface area contributed by atoms with E-state index in [0.29, 0.717) is 75.9 Å². The van der Waals surface area contributed by atoms with Crippen LogP contribution in [0.1, 0.15) is 95.3 Å². The van der Waals surface area contributed by atoms with Crippen molar-refractivity contribution in [1.29, 1.82) is 0 Å². The van der Waals surface area contributed by atoms with Gasteiger partial charge in [0.05, 0.1) is 55.9 Å². The highest BCUT2D eigenvalue weighted by molar-refractivity contribution is 6.25. The molecule has 1 aromatic heterocycles. The number of imide groups is 2. The maximum atomic E-state index is 13.2. The van der Waals surface area contributed by atoms with Gasteiger partial charge in [0.15, 0.2) is 5.78 Å². The van der Waals surface area contributed by atoms with E-state index in [2.05, 4.69) is 30.7 Å². The molecule has 2 aromatic carbocycles. The second kappa shape index (κ2) is 22.3. The van der Waals surface area contributed by atoms with E-state index in [1.54, 1.807) is 48.7 Å². The number of benzene rings is 2. The van der Waals surface area contributed by atoms with Crippen LogP contribution >= 0.6 is 0 Å². The van der Waals surface area contributed by atoms with E-state index >= 15 is 0 Å². The number of nitrogens with one attached hydrogen (secondary N) is 3. The number of amides is 5. The molecule has 340 valence electrons. The highest BCUT2D eigenvalue weighted by Crippen LogP contribution is 2.35. The molecule has 4 aliphatic rings. The predicted molar refractivity (Wildman–Crippen MR) is 236 cm³/mol. The van der Waals surface area contributed by atoms with Crippen molar-refractivity contribution in [3.8, 4) is 11.5 Å². The molecule has 17 nitrogen and oxygen atoms in total. The summed E-state index contributed by atoms with van der Waals surface area (Å²) < 4.78 is 17.1. The van der Waals surface area contributed by atoms with Gasteiger partial charge in [0.25, 0.3) is 11.8 Å². The molecule has 0 spiro atoms. The van der Waals surface area contributed by atoms with Gasteiger partial charge in [-0.2, -0.15) is 0 Å². The summed E-state index contributed by atoms with van der Waals surface area (Å²) in [4.78, 5) is 85.0. The highest BCUT2D eigenvalue weighted by Gasteiger charge is 2.46. The number of ether oxygens (including phenoxy) is 3. The molecule has 0 saturated carbocycles. The zero-order valence-corrected chi connectivity index (χ0v) is 36.0. The van der Waals surface area contributed by atoms with Gasteiger partial charge in [-0.1, -0.05) is 43.9 Å². The summed E-state index contributed by atoms with van der Waals surface area (Å²) in [5.41, 5.74) is 1.18. The SMILES string of the molecule is O=C(CCCCCCCCOc1ccc(N2C[C@H]3C[C@@H]2CN3/C=C/C(=O)c2ccccc2O)nc1)NCCOCCOCCNc1cccc2c1C(=O)N(C1CCC(=O)NC1=O)C2=O. The van der Waals surface area contributed by atoms with E-state index in [1.165, 1.54) is 6.07 Å². The molecule has 1 unspecified atom stereocenters. The highest BCUT2D eigenvalue weighted by atomic mass is 16.5. The lowest BCUT2D eigenvalue weighted by molar-refractivity contribution is -0.136. The van der Waals surface area contributed by atoms with E-state index in [-0.39, 0.29) is 41.4 Å². The Morgan fingerprint density at radius 2 is 1.61 bits per heavy atom. The number of para-hydroxylation sites is 1. The number of phenolic OH excluding ortho intramolecular Hbond substituents is 1. The first kappa shape index (κ1) is 45.7. The topological polar surface area (TPSA) is 209 Å². The minimum absolute atomic E-state index is 0.00864. The summed E-state index contributed by atoms with van der Waals surface area (Å²) in [6, 6.07) is 15.1. The van der Waals surface area contributed by atoms with Crippen molar-refractivity contribution >= 4 is 46.8 Å². The number of aromatic hydroxyl groups is 1. The molecule has 64 heavy (non-hydrogen) atoms. The minimum Gasteiger partial charge on any atom is -0.507 e. The Bertz CT molecular complexity index is 2180.